The highest BCUT2D eigenvalue weighted by molar-refractivity contribution is 5.81. The highest BCUT2D eigenvalue weighted by Gasteiger charge is 2.22. The molecule has 1 N–H and O–H groups in total. The smallest absolute Gasteiger partial charge is 0.237 e. The van der Waals surface area contributed by atoms with Gasteiger partial charge in [-0.15, -0.1) is 6.58 Å². The molecule has 0 spiro atoms. The summed E-state index contributed by atoms with van der Waals surface area (Å²) in [5.41, 5.74) is 0. The molecule has 0 radical (unpaired) electrons. The van der Waals surface area contributed by atoms with E-state index >= 15 is 0 Å². The van der Waals surface area contributed by atoms with Crippen molar-refractivity contribution in [1.82, 2.24) is 10.2 Å². The second-order valence-corrected chi connectivity index (χ2v) is 4.49. The van der Waals surface area contributed by atoms with Gasteiger partial charge in [0.05, 0.1) is 6.04 Å². The van der Waals surface area contributed by atoms with E-state index in [0.29, 0.717) is 0 Å². The van der Waals surface area contributed by atoms with Crippen LogP contribution in [0.3, 0.4) is 0 Å². The molecule has 0 aromatic heterocycles. The van der Waals surface area contributed by atoms with Crippen LogP contribution < -0.4 is 5.32 Å². The van der Waals surface area contributed by atoms with Crippen molar-refractivity contribution in [2.24, 2.45) is 0 Å². The first-order chi connectivity index (χ1) is 7.75. The lowest BCUT2D eigenvalue weighted by Crippen LogP contribution is -2.42. The summed E-state index contributed by atoms with van der Waals surface area (Å²) in [6, 6.07) is 0.0434. The maximum absolute atomic E-state index is 11.6. The number of rotatable bonds is 6. The first kappa shape index (κ1) is 13.2. The quantitative estimate of drug-likeness (QED) is 0.552. The van der Waals surface area contributed by atoms with Gasteiger partial charge in [-0.25, -0.2) is 0 Å². The van der Waals surface area contributed by atoms with E-state index in [0.717, 1.165) is 32.5 Å². The van der Waals surface area contributed by atoms with Gasteiger partial charge in [-0.3, -0.25) is 9.69 Å². The summed E-state index contributed by atoms with van der Waals surface area (Å²) in [6.45, 7) is 8.64. The summed E-state index contributed by atoms with van der Waals surface area (Å²) in [5.74, 6) is 0.184. The predicted octanol–water partition coefficient (Wildman–Crippen LogP) is 1.94. The maximum atomic E-state index is 11.6. The number of hydrogen-bond acceptors (Lipinski definition) is 2. The molecule has 3 nitrogen and oxygen atoms in total. The zero-order chi connectivity index (χ0) is 11.8. The molecule has 0 aromatic carbocycles. The van der Waals surface area contributed by atoms with Crippen LogP contribution in [0.1, 0.15) is 39.0 Å². The first-order valence-electron chi connectivity index (χ1n) is 6.38. The molecule has 1 heterocycles. The van der Waals surface area contributed by atoms with Gasteiger partial charge in [0.1, 0.15) is 0 Å². The number of hydrogen-bond donors (Lipinski definition) is 1. The summed E-state index contributed by atoms with van der Waals surface area (Å²) in [7, 11) is 0. The van der Waals surface area contributed by atoms with Gasteiger partial charge in [0.25, 0.3) is 0 Å². The van der Waals surface area contributed by atoms with Crippen molar-refractivity contribution in [2.45, 2.75) is 45.1 Å². The van der Waals surface area contributed by atoms with Crippen molar-refractivity contribution in [3.63, 3.8) is 0 Å². The molecule has 1 fully saturated rings. The highest BCUT2D eigenvalue weighted by Crippen LogP contribution is 2.08. The Hall–Kier alpha value is -0.830. The van der Waals surface area contributed by atoms with Crippen LogP contribution >= 0.6 is 0 Å². The third kappa shape index (κ3) is 4.35. The van der Waals surface area contributed by atoms with E-state index in [9.17, 15) is 4.79 Å². The number of carbonyl (C=O) groups excluding carboxylic acids is 1. The molecule has 3 heteroatoms. The van der Waals surface area contributed by atoms with Crippen molar-refractivity contribution in [3.8, 4) is 0 Å². The van der Waals surface area contributed by atoms with Gasteiger partial charge < -0.3 is 5.32 Å². The largest absolute Gasteiger partial charge is 0.355 e. The minimum absolute atomic E-state index is 0.0434. The monoisotopic (exact) mass is 224 g/mol. The van der Waals surface area contributed by atoms with E-state index in [1.165, 1.54) is 19.3 Å². The summed E-state index contributed by atoms with van der Waals surface area (Å²) in [6.07, 6.45) is 7.79. The third-order valence-corrected chi connectivity index (χ3v) is 3.20. The fourth-order valence-electron chi connectivity index (χ4n) is 2.09. The Morgan fingerprint density at radius 2 is 2.31 bits per heavy atom. The topological polar surface area (TPSA) is 32.3 Å². The van der Waals surface area contributed by atoms with E-state index < -0.39 is 0 Å². The number of nitrogens with zero attached hydrogens (tertiary/aromatic N) is 1. The second kappa shape index (κ2) is 7.44. The summed E-state index contributed by atoms with van der Waals surface area (Å²) in [5, 5.41) is 2.94. The van der Waals surface area contributed by atoms with Crippen molar-refractivity contribution < 1.29 is 4.79 Å². The van der Waals surface area contributed by atoms with Gasteiger partial charge in [-0.05, 0) is 39.2 Å². The minimum Gasteiger partial charge on any atom is -0.355 e. The van der Waals surface area contributed by atoms with Crippen molar-refractivity contribution in [3.05, 3.63) is 12.7 Å². The van der Waals surface area contributed by atoms with E-state index in [-0.39, 0.29) is 11.9 Å². The average Bonchev–Trinajstić information content (AvgIpc) is 2.44. The van der Waals surface area contributed by atoms with Crippen LogP contribution in [0.25, 0.3) is 0 Å². The third-order valence-electron chi connectivity index (χ3n) is 3.20. The minimum atomic E-state index is 0.0434. The number of unbranched alkanes of at least 4 members (excludes halogenated alkanes) is 3. The molecule has 0 aliphatic carbocycles. The lowest BCUT2D eigenvalue weighted by molar-refractivity contribution is -0.124. The van der Waals surface area contributed by atoms with Crippen LogP contribution in [0.2, 0.25) is 0 Å². The number of nitrogens with one attached hydrogen (secondary N) is 1. The molecule has 0 saturated carbocycles. The van der Waals surface area contributed by atoms with Crippen LogP contribution in [0, 0.1) is 0 Å². The second-order valence-electron chi connectivity index (χ2n) is 4.49. The molecular weight excluding hydrogens is 200 g/mol. The zero-order valence-corrected chi connectivity index (χ0v) is 10.4. The van der Waals surface area contributed by atoms with Gasteiger partial charge in [0, 0.05) is 13.1 Å². The molecule has 1 atom stereocenters. The number of carbonyl (C=O) groups is 1. The van der Waals surface area contributed by atoms with Gasteiger partial charge in [-0.1, -0.05) is 12.5 Å². The molecule has 0 unspecified atom stereocenters. The molecule has 0 bridgehead atoms. The van der Waals surface area contributed by atoms with Gasteiger partial charge in [0.15, 0.2) is 0 Å². The lowest BCUT2D eigenvalue weighted by Gasteiger charge is -2.24. The average molecular weight is 224 g/mol. The first-order valence-corrected chi connectivity index (χ1v) is 6.38. The maximum Gasteiger partial charge on any atom is 0.237 e. The Kier molecular flexibility index (Phi) is 6.16. The summed E-state index contributed by atoms with van der Waals surface area (Å²) >= 11 is 0. The van der Waals surface area contributed by atoms with Crippen molar-refractivity contribution in [2.75, 3.05) is 19.6 Å². The Morgan fingerprint density at radius 3 is 3.06 bits per heavy atom. The SMILES string of the molecule is C=CCCCCCN1CCCNC(=O)[C@H]1C. The van der Waals surface area contributed by atoms with E-state index in [1.807, 2.05) is 13.0 Å². The molecular formula is C13H24N2O. The fourth-order valence-corrected chi connectivity index (χ4v) is 2.09. The standard InChI is InChI=1S/C13H24N2O/c1-3-4-5-6-7-10-15-11-8-9-14-13(16)12(15)2/h3,12H,1,4-11H2,2H3,(H,14,16)/t12-/m1/s1. The number of amides is 1. The summed E-state index contributed by atoms with van der Waals surface area (Å²) in [4.78, 5) is 13.9. The van der Waals surface area contributed by atoms with Crippen LogP contribution in [-0.2, 0) is 4.79 Å². The molecule has 1 rings (SSSR count). The van der Waals surface area contributed by atoms with Crippen molar-refractivity contribution >= 4 is 5.91 Å². The number of allylic oxidation sites excluding steroid dienone is 1. The predicted molar refractivity (Wildman–Crippen MR) is 67.3 cm³/mol. The Morgan fingerprint density at radius 1 is 1.50 bits per heavy atom. The van der Waals surface area contributed by atoms with E-state index in [4.69, 9.17) is 0 Å². The zero-order valence-electron chi connectivity index (χ0n) is 10.4. The lowest BCUT2D eigenvalue weighted by atomic mass is 10.1. The molecule has 0 aromatic rings. The summed E-state index contributed by atoms with van der Waals surface area (Å²) < 4.78 is 0. The molecule has 1 amide bonds. The molecule has 92 valence electrons. The molecule has 16 heavy (non-hydrogen) atoms. The van der Waals surface area contributed by atoms with Crippen LogP contribution in [-0.4, -0.2) is 36.5 Å². The van der Waals surface area contributed by atoms with Crippen LogP contribution in [0.5, 0.6) is 0 Å². The van der Waals surface area contributed by atoms with Gasteiger partial charge in [-0.2, -0.15) is 0 Å². The van der Waals surface area contributed by atoms with Crippen LogP contribution in [0.15, 0.2) is 12.7 Å². The van der Waals surface area contributed by atoms with E-state index in [2.05, 4.69) is 16.8 Å². The normalized spacial score (nSPS) is 22.6. The Balaban J connectivity index is 2.22. The van der Waals surface area contributed by atoms with Gasteiger partial charge >= 0.3 is 0 Å². The van der Waals surface area contributed by atoms with Gasteiger partial charge in [0.2, 0.25) is 5.91 Å². The van der Waals surface area contributed by atoms with Crippen molar-refractivity contribution in [1.29, 1.82) is 0 Å². The van der Waals surface area contributed by atoms with E-state index in [1.54, 1.807) is 0 Å². The molecule has 1 saturated heterocycles. The Bertz CT molecular complexity index is 228. The fraction of sp³-hybridized carbons (Fsp3) is 0.769. The highest BCUT2D eigenvalue weighted by atomic mass is 16.2. The Labute approximate surface area is 98.9 Å². The molecule has 1 aliphatic rings. The van der Waals surface area contributed by atoms with Crippen LogP contribution in [0.4, 0.5) is 0 Å². The molecule has 1 aliphatic heterocycles.